The number of nitrogens with zero attached hydrogens (tertiary/aromatic N) is 4. The van der Waals surface area contributed by atoms with E-state index in [1.807, 2.05) is 26.1 Å². The lowest BCUT2D eigenvalue weighted by molar-refractivity contribution is 0.107. The van der Waals surface area contributed by atoms with E-state index in [-0.39, 0.29) is 24.0 Å². The summed E-state index contributed by atoms with van der Waals surface area (Å²) in [4.78, 5) is 11.7. The first-order valence-corrected chi connectivity index (χ1v) is 10.2. The van der Waals surface area contributed by atoms with E-state index >= 15 is 0 Å². The van der Waals surface area contributed by atoms with Gasteiger partial charge in [-0.05, 0) is 38.1 Å². The Morgan fingerprint density at radius 2 is 1.82 bits per heavy atom. The number of piperazine rings is 1. The van der Waals surface area contributed by atoms with E-state index in [1.54, 1.807) is 0 Å². The summed E-state index contributed by atoms with van der Waals surface area (Å²) >= 11 is 0. The molecule has 1 aromatic carbocycles. The summed E-state index contributed by atoms with van der Waals surface area (Å²) in [6, 6.07) is 8.79. The highest BCUT2D eigenvalue weighted by Crippen LogP contribution is 2.13. The van der Waals surface area contributed by atoms with E-state index in [2.05, 4.69) is 58.0 Å². The van der Waals surface area contributed by atoms with Crippen LogP contribution in [0.1, 0.15) is 26.3 Å². The number of benzene rings is 1. The molecule has 1 fully saturated rings. The molecule has 0 aliphatic carbocycles. The van der Waals surface area contributed by atoms with Crippen LogP contribution in [0.25, 0.3) is 0 Å². The molecule has 0 aromatic heterocycles. The highest BCUT2D eigenvalue weighted by Gasteiger charge is 2.20. The molecule has 0 amide bonds. The van der Waals surface area contributed by atoms with E-state index in [0.717, 1.165) is 44.4 Å². The molecular weight excluding hydrogens is 465 g/mol. The monoisotopic (exact) mass is 503 g/mol. The van der Waals surface area contributed by atoms with Crippen molar-refractivity contribution in [3.63, 3.8) is 0 Å². The zero-order valence-electron chi connectivity index (χ0n) is 18.1. The van der Waals surface area contributed by atoms with Gasteiger partial charge in [-0.25, -0.2) is 0 Å². The van der Waals surface area contributed by atoms with Gasteiger partial charge in [0, 0.05) is 59.4 Å². The van der Waals surface area contributed by atoms with Gasteiger partial charge in [0.1, 0.15) is 5.75 Å². The minimum absolute atomic E-state index is 0. The summed E-state index contributed by atoms with van der Waals surface area (Å²) in [5, 5.41) is 3.54. The Balaban J connectivity index is 0.00000392. The first-order valence-electron chi connectivity index (χ1n) is 10.2. The summed E-state index contributed by atoms with van der Waals surface area (Å²) in [7, 11) is 3.93. The van der Waals surface area contributed by atoms with Crippen LogP contribution in [0.4, 0.5) is 0 Å². The number of hydrogen-bond acceptors (Lipinski definition) is 4. The van der Waals surface area contributed by atoms with Crippen LogP contribution in [-0.2, 0) is 6.54 Å². The number of halogens is 1. The lowest BCUT2D eigenvalue weighted by Gasteiger charge is -2.38. The van der Waals surface area contributed by atoms with Crippen molar-refractivity contribution < 1.29 is 4.74 Å². The number of ether oxygens (including phenoxy) is 1. The van der Waals surface area contributed by atoms with E-state index < -0.39 is 0 Å². The van der Waals surface area contributed by atoms with Crippen molar-refractivity contribution >= 4 is 29.9 Å². The topological polar surface area (TPSA) is 43.3 Å². The predicted molar refractivity (Wildman–Crippen MR) is 129 cm³/mol. The minimum atomic E-state index is 0. The second-order valence-corrected chi connectivity index (χ2v) is 7.18. The molecule has 0 bridgehead atoms. The number of rotatable bonds is 8. The van der Waals surface area contributed by atoms with Gasteiger partial charge in [-0.15, -0.1) is 24.0 Å². The maximum absolute atomic E-state index is 5.51. The lowest BCUT2D eigenvalue weighted by Crippen LogP contribution is -2.53. The quantitative estimate of drug-likeness (QED) is 0.336. The summed E-state index contributed by atoms with van der Waals surface area (Å²) in [5.41, 5.74) is 1.24. The van der Waals surface area contributed by atoms with Gasteiger partial charge in [0.15, 0.2) is 5.96 Å². The molecule has 0 saturated carbocycles. The van der Waals surface area contributed by atoms with E-state index in [4.69, 9.17) is 4.74 Å². The fraction of sp³-hybridized carbons (Fsp3) is 0.667. The molecule has 160 valence electrons. The van der Waals surface area contributed by atoms with Gasteiger partial charge in [0.05, 0.1) is 6.61 Å². The lowest BCUT2D eigenvalue weighted by atomic mass is 10.2. The zero-order valence-corrected chi connectivity index (χ0v) is 20.5. The molecule has 0 spiro atoms. The van der Waals surface area contributed by atoms with Crippen molar-refractivity contribution in [1.82, 2.24) is 20.0 Å². The molecule has 1 aliphatic heterocycles. The molecule has 7 heteroatoms. The Bertz CT molecular complexity index is 573. The second kappa shape index (κ2) is 13.2. The molecule has 1 saturated heterocycles. The maximum Gasteiger partial charge on any atom is 0.193 e. The van der Waals surface area contributed by atoms with Crippen LogP contribution >= 0.6 is 24.0 Å². The number of guanidine groups is 1. The normalized spacial score (nSPS) is 17.0. The Morgan fingerprint density at radius 1 is 1.18 bits per heavy atom. The van der Waals surface area contributed by atoms with Gasteiger partial charge in [0.25, 0.3) is 0 Å². The van der Waals surface area contributed by atoms with Crippen LogP contribution in [-0.4, -0.2) is 86.7 Å². The number of likely N-dealkylation sites (N-methyl/N-ethyl adjacent to an activating group) is 1. The van der Waals surface area contributed by atoms with Gasteiger partial charge in [0.2, 0.25) is 0 Å². The second-order valence-electron chi connectivity index (χ2n) is 7.18. The minimum Gasteiger partial charge on any atom is -0.494 e. The third-order valence-corrected chi connectivity index (χ3v) is 5.26. The Hall–Kier alpha value is -1.06. The van der Waals surface area contributed by atoms with Gasteiger partial charge < -0.3 is 19.9 Å². The van der Waals surface area contributed by atoms with Gasteiger partial charge in [-0.2, -0.15) is 0 Å². The molecule has 1 aliphatic rings. The van der Waals surface area contributed by atoms with Crippen LogP contribution in [0.3, 0.4) is 0 Å². The molecular formula is C21H38IN5O. The predicted octanol–water partition coefficient (Wildman–Crippen LogP) is 2.74. The van der Waals surface area contributed by atoms with Crippen LogP contribution in [0.15, 0.2) is 29.3 Å². The Kier molecular flexibility index (Phi) is 11.8. The van der Waals surface area contributed by atoms with Crippen LogP contribution in [0, 0.1) is 0 Å². The van der Waals surface area contributed by atoms with Gasteiger partial charge in [-0.3, -0.25) is 9.89 Å². The van der Waals surface area contributed by atoms with E-state index in [9.17, 15) is 0 Å². The molecule has 28 heavy (non-hydrogen) atoms. The van der Waals surface area contributed by atoms with Crippen molar-refractivity contribution in [2.45, 2.75) is 33.4 Å². The number of aliphatic imine (C=N–C) groups is 1. The van der Waals surface area contributed by atoms with Crippen molar-refractivity contribution in [2.24, 2.45) is 4.99 Å². The third kappa shape index (κ3) is 7.75. The standard InChI is InChI=1S/C21H37N5O.HI/c1-6-25-12-14-26(15-13-25)18(3)16-23-21(22-4)24(5)17-19-8-10-20(11-9-19)27-7-2;/h8-11,18H,6-7,12-17H2,1-5H3,(H,22,23);1H. The van der Waals surface area contributed by atoms with Crippen molar-refractivity contribution in [1.29, 1.82) is 0 Å². The highest BCUT2D eigenvalue weighted by molar-refractivity contribution is 14.0. The maximum atomic E-state index is 5.51. The fourth-order valence-corrected chi connectivity index (χ4v) is 3.48. The molecule has 1 heterocycles. The smallest absolute Gasteiger partial charge is 0.193 e. The van der Waals surface area contributed by atoms with E-state index in [0.29, 0.717) is 12.6 Å². The molecule has 6 nitrogen and oxygen atoms in total. The summed E-state index contributed by atoms with van der Waals surface area (Å²) in [6.45, 7) is 14.8. The average molecular weight is 503 g/mol. The Labute approximate surface area is 188 Å². The third-order valence-electron chi connectivity index (χ3n) is 5.26. The largest absolute Gasteiger partial charge is 0.494 e. The summed E-state index contributed by atoms with van der Waals surface area (Å²) in [6.07, 6.45) is 0. The zero-order chi connectivity index (χ0) is 19.6. The number of hydrogen-bond donors (Lipinski definition) is 1. The first kappa shape index (κ1) is 25.0. The van der Waals surface area contributed by atoms with Gasteiger partial charge in [-0.1, -0.05) is 19.1 Å². The van der Waals surface area contributed by atoms with Crippen LogP contribution in [0.2, 0.25) is 0 Å². The highest BCUT2D eigenvalue weighted by atomic mass is 127. The molecule has 1 atom stereocenters. The fourth-order valence-electron chi connectivity index (χ4n) is 3.48. The van der Waals surface area contributed by atoms with E-state index in [1.165, 1.54) is 18.7 Å². The first-order chi connectivity index (χ1) is 13.1. The molecule has 1 N–H and O–H groups in total. The summed E-state index contributed by atoms with van der Waals surface area (Å²) < 4.78 is 5.51. The SMILES string of the molecule is CCOc1ccc(CN(C)C(=NC)NCC(C)N2CCN(CC)CC2)cc1.I. The summed E-state index contributed by atoms with van der Waals surface area (Å²) in [5.74, 6) is 1.85. The van der Waals surface area contributed by atoms with Crippen LogP contribution < -0.4 is 10.1 Å². The van der Waals surface area contributed by atoms with Crippen molar-refractivity contribution in [3.05, 3.63) is 29.8 Å². The average Bonchev–Trinajstić information content (AvgIpc) is 2.70. The van der Waals surface area contributed by atoms with Crippen molar-refractivity contribution in [3.8, 4) is 5.75 Å². The molecule has 1 aromatic rings. The van der Waals surface area contributed by atoms with Crippen molar-refractivity contribution in [2.75, 3.05) is 60.0 Å². The van der Waals surface area contributed by atoms with Gasteiger partial charge >= 0.3 is 0 Å². The molecule has 0 radical (unpaired) electrons. The molecule has 1 unspecified atom stereocenters. The Morgan fingerprint density at radius 3 is 2.36 bits per heavy atom. The number of nitrogens with one attached hydrogen (secondary N) is 1. The molecule has 2 rings (SSSR count). The van der Waals surface area contributed by atoms with Crippen LogP contribution in [0.5, 0.6) is 5.75 Å².